The molecule has 1 aromatic heterocycles. The molecule has 2 aromatic rings. The van der Waals surface area contributed by atoms with Crippen LogP contribution in [0, 0.1) is 17.1 Å². The Hall–Kier alpha value is -2.35. The number of hydrogen-bond donors (Lipinski definition) is 1. The first-order chi connectivity index (χ1) is 8.22. The number of aromatic nitrogens is 2. The van der Waals surface area contributed by atoms with Crippen LogP contribution in [0.1, 0.15) is 12.5 Å². The molecule has 1 heterocycles. The predicted molar refractivity (Wildman–Crippen MR) is 62.3 cm³/mol. The largest absolute Gasteiger partial charge is 0.352 e. The molecule has 0 aliphatic rings. The molecule has 17 heavy (non-hydrogen) atoms. The van der Waals surface area contributed by atoms with Crippen molar-refractivity contribution in [1.82, 2.24) is 9.78 Å². The Kier molecular flexibility index (Phi) is 3.06. The van der Waals surface area contributed by atoms with Crippen molar-refractivity contribution < 1.29 is 4.39 Å². The molecule has 86 valence electrons. The van der Waals surface area contributed by atoms with E-state index in [-0.39, 0.29) is 5.56 Å². The number of hydrogen-bond acceptors (Lipinski definition) is 3. The van der Waals surface area contributed by atoms with Crippen LogP contribution in [0.3, 0.4) is 0 Å². The van der Waals surface area contributed by atoms with Crippen molar-refractivity contribution in [2.24, 2.45) is 0 Å². The van der Waals surface area contributed by atoms with Gasteiger partial charge in [-0.25, -0.2) is 4.39 Å². The molecule has 1 N–H and O–H groups in total. The lowest BCUT2D eigenvalue weighted by Gasteiger charge is -2.05. The predicted octanol–water partition coefficient (Wildman–Crippen LogP) is 2.66. The summed E-state index contributed by atoms with van der Waals surface area (Å²) >= 11 is 0. The van der Waals surface area contributed by atoms with E-state index >= 15 is 0 Å². The van der Waals surface area contributed by atoms with Crippen LogP contribution in [0.2, 0.25) is 0 Å². The topological polar surface area (TPSA) is 53.6 Å². The Labute approximate surface area is 98.3 Å². The summed E-state index contributed by atoms with van der Waals surface area (Å²) in [5.41, 5.74) is 1.62. The number of rotatable bonds is 3. The van der Waals surface area contributed by atoms with Crippen LogP contribution in [0.15, 0.2) is 30.6 Å². The number of nitriles is 1. The third-order valence-corrected chi connectivity index (χ3v) is 2.34. The van der Waals surface area contributed by atoms with Crippen molar-refractivity contribution in [2.75, 3.05) is 5.32 Å². The Bertz CT molecular complexity index is 568. The number of benzene rings is 1. The van der Waals surface area contributed by atoms with Crippen molar-refractivity contribution in [2.45, 2.75) is 13.5 Å². The van der Waals surface area contributed by atoms with Crippen LogP contribution in [0.4, 0.5) is 15.8 Å². The summed E-state index contributed by atoms with van der Waals surface area (Å²) in [7, 11) is 0. The van der Waals surface area contributed by atoms with Crippen LogP contribution in [0.5, 0.6) is 0 Å². The van der Waals surface area contributed by atoms with E-state index in [1.165, 1.54) is 18.2 Å². The molecule has 0 atom stereocenters. The molecule has 0 bridgehead atoms. The average molecular weight is 230 g/mol. The number of aryl methyl sites for hydroxylation is 1. The van der Waals surface area contributed by atoms with E-state index in [0.29, 0.717) is 5.69 Å². The van der Waals surface area contributed by atoms with E-state index in [2.05, 4.69) is 10.4 Å². The summed E-state index contributed by atoms with van der Waals surface area (Å²) in [5.74, 6) is -0.420. The molecule has 2 rings (SSSR count). The molecule has 0 saturated heterocycles. The van der Waals surface area contributed by atoms with Gasteiger partial charge in [0.15, 0.2) is 0 Å². The second-order valence-corrected chi connectivity index (χ2v) is 3.51. The third-order valence-electron chi connectivity index (χ3n) is 2.34. The smallest absolute Gasteiger partial charge is 0.124 e. The van der Waals surface area contributed by atoms with Crippen molar-refractivity contribution in [1.29, 1.82) is 5.26 Å². The number of nitrogens with one attached hydrogen (secondary N) is 1. The Morgan fingerprint density at radius 2 is 2.35 bits per heavy atom. The van der Waals surface area contributed by atoms with Crippen LogP contribution >= 0.6 is 0 Å². The van der Waals surface area contributed by atoms with Crippen molar-refractivity contribution in [3.8, 4) is 6.07 Å². The van der Waals surface area contributed by atoms with Gasteiger partial charge in [-0.3, -0.25) is 4.68 Å². The first-order valence-electron chi connectivity index (χ1n) is 5.22. The van der Waals surface area contributed by atoms with Gasteiger partial charge in [0.25, 0.3) is 0 Å². The Morgan fingerprint density at radius 1 is 1.53 bits per heavy atom. The molecule has 0 radical (unpaired) electrons. The summed E-state index contributed by atoms with van der Waals surface area (Å²) < 4.78 is 14.7. The Morgan fingerprint density at radius 3 is 3.00 bits per heavy atom. The fraction of sp³-hybridized carbons (Fsp3) is 0.167. The van der Waals surface area contributed by atoms with Gasteiger partial charge in [0, 0.05) is 12.7 Å². The fourth-order valence-electron chi connectivity index (χ4n) is 1.47. The van der Waals surface area contributed by atoms with E-state index in [9.17, 15) is 4.39 Å². The van der Waals surface area contributed by atoms with Crippen molar-refractivity contribution in [3.05, 3.63) is 42.0 Å². The highest BCUT2D eigenvalue weighted by atomic mass is 19.1. The number of halogens is 1. The first-order valence-corrected chi connectivity index (χ1v) is 5.22. The van der Waals surface area contributed by atoms with Gasteiger partial charge >= 0.3 is 0 Å². The lowest BCUT2D eigenvalue weighted by Crippen LogP contribution is -1.94. The van der Waals surface area contributed by atoms with Crippen molar-refractivity contribution >= 4 is 11.4 Å². The maximum atomic E-state index is 12.9. The van der Waals surface area contributed by atoms with E-state index in [1.807, 2.05) is 19.2 Å². The van der Waals surface area contributed by atoms with E-state index in [0.717, 1.165) is 12.2 Å². The highest BCUT2D eigenvalue weighted by molar-refractivity contribution is 5.65. The monoisotopic (exact) mass is 230 g/mol. The van der Waals surface area contributed by atoms with Crippen LogP contribution in [-0.2, 0) is 6.54 Å². The van der Waals surface area contributed by atoms with E-state index < -0.39 is 5.82 Å². The van der Waals surface area contributed by atoms with Gasteiger partial charge in [-0.15, -0.1) is 0 Å². The van der Waals surface area contributed by atoms with Crippen LogP contribution in [0.25, 0.3) is 0 Å². The lowest BCUT2D eigenvalue weighted by atomic mass is 10.2. The zero-order chi connectivity index (χ0) is 12.3. The number of nitrogens with zero attached hydrogens (tertiary/aromatic N) is 3. The first kappa shape index (κ1) is 11.1. The zero-order valence-corrected chi connectivity index (χ0v) is 9.31. The second-order valence-electron chi connectivity index (χ2n) is 3.51. The third kappa shape index (κ3) is 2.42. The van der Waals surface area contributed by atoms with Gasteiger partial charge in [0.1, 0.15) is 11.9 Å². The molecule has 0 unspecified atom stereocenters. The summed E-state index contributed by atoms with van der Waals surface area (Å²) in [6.45, 7) is 2.76. The molecule has 5 heteroatoms. The average Bonchev–Trinajstić information content (AvgIpc) is 2.79. The summed E-state index contributed by atoms with van der Waals surface area (Å²) in [4.78, 5) is 0. The van der Waals surface area contributed by atoms with E-state index in [4.69, 9.17) is 5.26 Å². The summed E-state index contributed by atoms with van der Waals surface area (Å²) in [6.07, 6.45) is 3.48. The van der Waals surface area contributed by atoms with Gasteiger partial charge in [-0.2, -0.15) is 10.4 Å². The molecule has 1 aromatic carbocycles. The molecule has 0 amide bonds. The SMILES string of the molecule is CCn1cc(Nc2ccc(F)cc2C#N)cn1. The van der Waals surface area contributed by atoms with Gasteiger partial charge in [0.2, 0.25) is 0 Å². The molecule has 0 spiro atoms. The maximum absolute atomic E-state index is 12.9. The van der Waals surface area contributed by atoms with Gasteiger partial charge in [0.05, 0.1) is 23.1 Å². The quantitative estimate of drug-likeness (QED) is 0.881. The van der Waals surface area contributed by atoms with Gasteiger partial charge in [-0.1, -0.05) is 0 Å². The highest BCUT2D eigenvalue weighted by Gasteiger charge is 2.05. The molecule has 0 saturated carbocycles. The zero-order valence-electron chi connectivity index (χ0n) is 9.31. The normalized spacial score (nSPS) is 9.94. The second kappa shape index (κ2) is 4.66. The summed E-state index contributed by atoms with van der Waals surface area (Å²) in [6, 6.07) is 6.00. The molecular formula is C12H11FN4. The molecular weight excluding hydrogens is 219 g/mol. The highest BCUT2D eigenvalue weighted by Crippen LogP contribution is 2.20. The molecule has 0 aliphatic heterocycles. The standard InChI is InChI=1S/C12H11FN4/c1-2-17-8-11(7-15-17)16-12-4-3-10(13)5-9(12)6-14/h3-5,7-8,16H,2H2,1H3. The van der Waals surface area contributed by atoms with Crippen molar-refractivity contribution in [3.63, 3.8) is 0 Å². The summed E-state index contributed by atoms with van der Waals surface area (Å²) in [5, 5.41) is 16.0. The fourth-order valence-corrected chi connectivity index (χ4v) is 1.47. The minimum absolute atomic E-state index is 0.272. The lowest BCUT2D eigenvalue weighted by molar-refractivity contribution is 0.627. The number of anilines is 2. The maximum Gasteiger partial charge on any atom is 0.124 e. The van der Waals surface area contributed by atoms with E-state index in [1.54, 1.807) is 10.9 Å². The molecule has 0 fully saturated rings. The molecule has 0 aliphatic carbocycles. The Balaban J connectivity index is 2.27. The van der Waals surface area contributed by atoms with Gasteiger partial charge < -0.3 is 5.32 Å². The van der Waals surface area contributed by atoms with Crippen LogP contribution < -0.4 is 5.32 Å². The molecule has 4 nitrogen and oxygen atoms in total. The van der Waals surface area contributed by atoms with Crippen LogP contribution in [-0.4, -0.2) is 9.78 Å². The minimum atomic E-state index is -0.420. The minimum Gasteiger partial charge on any atom is -0.352 e. The van der Waals surface area contributed by atoms with Gasteiger partial charge in [-0.05, 0) is 25.1 Å².